The molecule has 3 nitrogen and oxygen atoms in total. The van der Waals surface area contributed by atoms with Crippen LogP contribution < -0.4 is 5.32 Å². The second-order valence-corrected chi connectivity index (χ2v) is 5.76. The van der Waals surface area contributed by atoms with E-state index in [9.17, 15) is 9.90 Å². The normalized spacial score (nSPS) is 14.1. The number of aryl methyl sites for hydroxylation is 1. The Hall–Kier alpha value is -1.35. The fourth-order valence-corrected chi connectivity index (χ4v) is 2.48. The first-order valence-electron chi connectivity index (χ1n) is 7.48. The van der Waals surface area contributed by atoms with Gasteiger partial charge in [0.1, 0.15) is 0 Å². The van der Waals surface area contributed by atoms with Crippen molar-refractivity contribution in [1.82, 2.24) is 5.32 Å². The van der Waals surface area contributed by atoms with E-state index in [1.165, 1.54) is 0 Å². The summed E-state index contributed by atoms with van der Waals surface area (Å²) >= 11 is 0. The fourth-order valence-electron chi connectivity index (χ4n) is 2.48. The Morgan fingerprint density at radius 1 is 1.30 bits per heavy atom. The van der Waals surface area contributed by atoms with Crippen molar-refractivity contribution in [3.63, 3.8) is 0 Å². The monoisotopic (exact) mass is 277 g/mol. The lowest BCUT2D eigenvalue weighted by atomic mass is 9.90. The second kappa shape index (κ2) is 8.05. The Balaban J connectivity index is 2.58. The summed E-state index contributed by atoms with van der Waals surface area (Å²) in [5.41, 5.74) is 1.92. The number of carbonyl (C=O) groups excluding carboxylic acids is 1. The van der Waals surface area contributed by atoms with E-state index in [0.29, 0.717) is 5.92 Å². The molecule has 1 rings (SSSR count). The number of amides is 1. The quantitative estimate of drug-likeness (QED) is 0.804. The third-order valence-electron chi connectivity index (χ3n) is 3.76. The van der Waals surface area contributed by atoms with Crippen LogP contribution >= 0.6 is 0 Å². The van der Waals surface area contributed by atoms with Crippen LogP contribution in [0.5, 0.6) is 0 Å². The Bertz CT molecular complexity index is 429. The molecule has 3 heteroatoms. The number of aliphatic hydroxyl groups is 1. The minimum absolute atomic E-state index is 0.0315. The lowest BCUT2D eigenvalue weighted by Crippen LogP contribution is -2.36. The molecular weight excluding hydrogens is 250 g/mol. The van der Waals surface area contributed by atoms with Crippen LogP contribution in [0.4, 0.5) is 0 Å². The molecule has 0 aliphatic carbocycles. The maximum Gasteiger partial charge on any atom is 0.223 e. The molecule has 1 aromatic carbocycles. The summed E-state index contributed by atoms with van der Waals surface area (Å²) < 4.78 is 0. The zero-order valence-corrected chi connectivity index (χ0v) is 13.0. The Labute approximate surface area is 122 Å². The van der Waals surface area contributed by atoms with E-state index < -0.39 is 6.10 Å². The van der Waals surface area contributed by atoms with E-state index in [1.54, 1.807) is 0 Å². The van der Waals surface area contributed by atoms with Crippen molar-refractivity contribution in [2.24, 2.45) is 11.8 Å². The maximum atomic E-state index is 12.2. The molecule has 0 heterocycles. The Kier molecular flexibility index (Phi) is 6.73. The van der Waals surface area contributed by atoms with Crippen LogP contribution in [0.25, 0.3) is 0 Å². The average molecular weight is 277 g/mol. The molecule has 0 saturated heterocycles. The summed E-state index contributed by atoms with van der Waals surface area (Å²) in [4.78, 5) is 12.2. The van der Waals surface area contributed by atoms with Crippen molar-refractivity contribution in [3.8, 4) is 0 Å². The molecule has 2 unspecified atom stereocenters. The fraction of sp³-hybridized carbons (Fsp3) is 0.588. The summed E-state index contributed by atoms with van der Waals surface area (Å²) in [6.45, 7) is 8.46. The summed E-state index contributed by atoms with van der Waals surface area (Å²) in [5.74, 6) is 0.407. The van der Waals surface area contributed by atoms with Crippen molar-refractivity contribution in [3.05, 3.63) is 35.4 Å². The molecule has 112 valence electrons. The van der Waals surface area contributed by atoms with Gasteiger partial charge in [-0.05, 0) is 30.4 Å². The molecule has 0 saturated carbocycles. The molecular formula is C17H27NO2. The SMILES string of the molecule is CCCC(C(=O)NCC(O)c1ccccc1C)C(C)C. The maximum absolute atomic E-state index is 12.2. The molecule has 0 spiro atoms. The summed E-state index contributed by atoms with van der Waals surface area (Å²) in [6, 6.07) is 7.72. The number of carbonyl (C=O) groups is 1. The van der Waals surface area contributed by atoms with Crippen LogP contribution in [0.1, 0.15) is 50.8 Å². The van der Waals surface area contributed by atoms with E-state index in [-0.39, 0.29) is 18.4 Å². The third kappa shape index (κ3) is 4.64. The number of aliphatic hydroxyl groups excluding tert-OH is 1. The van der Waals surface area contributed by atoms with Gasteiger partial charge in [0.15, 0.2) is 0 Å². The van der Waals surface area contributed by atoms with Gasteiger partial charge >= 0.3 is 0 Å². The number of rotatable bonds is 7. The first-order chi connectivity index (χ1) is 9.47. The largest absolute Gasteiger partial charge is 0.387 e. The Morgan fingerprint density at radius 2 is 1.95 bits per heavy atom. The third-order valence-corrected chi connectivity index (χ3v) is 3.76. The molecule has 0 aliphatic rings. The summed E-state index contributed by atoms with van der Waals surface area (Å²) in [5, 5.41) is 13.1. The lowest BCUT2D eigenvalue weighted by molar-refractivity contribution is -0.127. The molecule has 0 radical (unpaired) electrons. The molecule has 0 fully saturated rings. The highest BCUT2D eigenvalue weighted by Crippen LogP contribution is 2.19. The minimum atomic E-state index is -0.644. The van der Waals surface area contributed by atoms with Gasteiger partial charge in [0.2, 0.25) is 5.91 Å². The van der Waals surface area contributed by atoms with Crippen molar-refractivity contribution in [2.75, 3.05) is 6.54 Å². The smallest absolute Gasteiger partial charge is 0.223 e. The lowest BCUT2D eigenvalue weighted by Gasteiger charge is -2.21. The molecule has 2 N–H and O–H groups in total. The van der Waals surface area contributed by atoms with E-state index in [4.69, 9.17) is 0 Å². The molecule has 2 atom stereocenters. The van der Waals surface area contributed by atoms with Gasteiger partial charge in [0.25, 0.3) is 0 Å². The van der Waals surface area contributed by atoms with Gasteiger partial charge in [0, 0.05) is 12.5 Å². The van der Waals surface area contributed by atoms with Crippen molar-refractivity contribution >= 4 is 5.91 Å². The molecule has 0 bridgehead atoms. The average Bonchev–Trinajstić information content (AvgIpc) is 2.42. The van der Waals surface area contributed by atoms with Crippen molar-refractivity contribution in [1.29, 1.82) is 0 Å². The highest BCUT2D eigenvalue weighted by atomic mass is 16.3. The summed E-state index contributed by atoms with van der Waals surface area (Å²) in [6.07, 6.45) is 1.25. The van der Waals surface area contributed by atoms with E-state index in [0.717, 1.165) is 24.0 Å². The van der Waals surface area contributed by atoms with Gasteiger partial charge < -0.3 is 10.4 Å². The van der Waals surface area contributed by atoms with Crippen LogP contribution in [-0.2, 0) is 4.79 Å². The Morgan fingerprint density at radius 3 is 2.50 bits per heavy atom. The molecule has 0 aliphatic heterocycles. The van der Waals surface area contributed by atoms with Gasteiger partial charge in [-0.3, -0.25) is 4.79 Å². The predicted molar refractivity (Wildman–Crippen MR) is 82.4 cm³/mol. The number of nitrogens with one attached hydrogen (secondary N) is 1. The number of hydrogen-bond acceptors (Lipinski definition) is 2. The molecule has 20 heavy (non-hydrogen) atoms. The van der Waals surface area contributed by atoms with Gasteiger partial charge in [-0.1, -0.05) is 51.5 Å². The zero-order valence-electron chi connectivity index (χ0n) is 13.0. The minimum Gasteiger partial charge on any atom is -0.387 e. The predicted octanol–water partition coefficient (Wildman–Crippen LogP) is 3.22. The molecule has 0 aromatic heterocycles. The first-order valence-corrected chi connectivity index (χ1v) is 7.48. The molecule has 1 aromatic rings. The van der Waals surface area contributed by atoms with E-state index >= 15 is 0 Å². The van der Waals surface area contributed by atoms with Gasteiger partial charge in [-0.25, -0.2) is 0 Å². The highest BCUT2D eigenvalue weighted by molar-refractivity contribution is 5.78. The van der Waals surface area contributed by atoms with Gasteiger partial charge in [-0.15, -0.1) is 0 Å². The highest BCUT2D eigenvalue weighted by Gasteiger charge is 2.21. The van der Waals surface area contributed by atoms with Crippen LogP contribution in [-0.4, -0.2) is 17.6 Å². The topological polar surface area (TPSA) is 49.3 Å². The molecule has 1 amide bonds. The van der Waals surface area contributed by atoms with Crippen LogP contribution in [0.15, 0.2) is 24.3 Å². The van der Waals surface area contributed by atoms with Crippen LogP contribution in [0.3, 0.4) is 0 Å². The standard InChI is InChI=1S/C17H27NO2/c1-5-8-14(12(2)3)17(20)18-11-16(19)15-10-7-6-9-13(15)4/h6-7,9-10,12,14,16,19H,5,8,11H2,1-4H3,(H,18,20). The van der Waals surface area contributed by atoms with Gasteiger partial charge in [-0.2, -0.15) is 0 Å². The first kappa shape index (κ1) is 16.7. The zero-order chi connectivity index (χ0) is 15.1. The summed E-state index contributed by atoms with van der Waals surface area (Å²) in [7, 11) is 0. The van der Waals surface area contributed by atoms with Gasteiger partial charge in [0.05, 0.1) is 6.10 Å². The second-order valence-electron chi connectivity index (χ2n) is 5.76. The van der Waals surface area contributed by atoms with E-state index in [1.807, 2.05) is 31.2 Å². The van der Waals surface area contributed by atoms with Crippen LogP contribution in [0.2, 0.25) is 0 Å². The van der Waals surface area contributed by atoms with Crippen molar-refractivity contribution < 1.29 is 9.90 Å². The van der Waals surface area contributed by atoms with Crippen LogP contribution in [0, 0.1) is 18.8 Å². The van der Waals surface area contributed by atoms with E-state index in [2.05, 4.69) is 26.1 Å². The number of hydrogen-bond donors (Lipinski definition) is 2. The number of benzene rings is 1. The van der Waals surface area contributed by atoms with Crippen molar-refractivity contribution in [2.45, 2.75) is 46.6 Å².